The molecule has 0 aliphatic carbocycles. The molecule has 0 atom stereocenters. The molecular formula is C16H23N5O3S. The normalized spacial score (nSPS) is 16.9. The summed E-state index contributed by atoms with van der Waals surface area (Å²) < 4.78 is 32.9. The number of nitrogens with one attached hydrogen (secondary N) is 1. The molecule has 25 heavy (non-hydrogen) atoms. The van der Waals surface area contributed by atoms with Gasteiger partial charge in [0.2, 0.25) is 15.9 Å². The van der Waals surface area contributed by atoms with Crippen molar-refractivity contribution in [2.45, 2.75) is 38.5 Å². The van der Waals surface area contributed by atoms with Crippen LogP contribution in [0.3, 0.4) is 0 Å². The molecule has 136 valence electrons. The third kappa shape index (κ3) is 3.82. The first-order valence-electron chi connectivity index (χ1n) is 8.33. The van der Waals surface area contributed by atoms with Crippen LogP contribution in [-0.2, 0) is 10.0 Å². The van der Waals surface area contributed by atoms with Crippen LogP contribution in [0.2, 0.25) is 0 Å². The second kappa shape index (κ2) is 7.09. The molecule has 1 fully saturated rings. The molecule has 1 saturated heterocycles. The molecule has 0 spiro atoms. The van der Waals surface area contributed by atoms with E-state index in [1.807, 2.05) is 13.0 Å². The summed E-state index contributed by atoms with van der Waals surface area (Å²) in [6.07, 6.45) is 1.52. The van der Waals surface area contributed by atoms with Crippen LogP contribution in [0.25, 0.3) is 0 Å². The molecule has 0 aromatic carbocycles. The number of ether oxygens (including phenoxy) is 1. The number of piperidine rings is 1. The fourth-order valence-corrected chi connectivity index (χ4v) is 4.83. The molecule has 0 unspecified atom stereocenters. The minimum Gasteiger partial charge on any atom is -0.476 e. The maximum absolute atomic E-state index is 12.8. The number of nitrogens with zero attached hydrogens (tertiary/aromatic N) is 4. The summed E-state index contributed by atoms with van der Waals surface area (Å²) in [5, 5.41) is 14.7. The Balaban J connectivity index is 1.57. The summed E-state index contributed by atoms with van der Waals surface area (Å²) in [5.74, 6) is 0.811. The third-order valence-electron chi connectivity index (χ3n) is 4.47. The molecule has 3 rings (SSSR count). The van der Waals surface area contributed by atoms with Crippen LogP contribution < -0.4 is 4.74 Å². The molecule has 1 aliphatic rings. The average molecular weight is 365 g/mol. The van der Waals surface area contributed by atoms with Crippen molar-refractivity contribution in [3.8, 4) is 5.88 Å². The van der Waals surface area contributed by atoms with Gasteiger partial charge in [0.1, 0.15) is 4.90 Å². The lowest BCUT2D eigenvalue weighted by atomic mass is 9.99. The third-order valence-corrected chi connectivity index (χ3v) is 6.63. The molecule has 0 amide bonds. The number of rotatable bonds is 5. The first-order chi connectivity index (χ1) is 11.9. The molecule has 0 bridgehead atoms. The van der Waals surface area contributed by atoms with Crippen molar-refractivity contribution in [1.29, 1.82) is 0 Å². The smallest absolute Gasteiger partial charge is 0.246 e. The van der Waals surface area contributed by atoms with Gasteiger partial charge in [0.15, 0.2) is 0 Å². The zero-order chi connectivity index (χ0) is 18.0. The fraction of sp³-hybridized carbons (Fsp3) is 0.562. The van der Waals surface area contributed by atoms with Crippen molar-refractivity contribution in [3.63, 3.8) is 0 Å². The monoisotopic (exact) mass is 365 g/mol. The van der Waals surface area contributed by atoms with E-state index in [9.17, 15) is 8.42 Å². The number of aromatic amines is 1. The van der Waals surface area contributed by atoms with Gasteiger partial charge < -0.3 is 4.74 Å². The molecule has 2 aromatic heterocycles. The van der Waals surface area contributed by atoms with E-state index < -0.39 is 10.0 Å². The van der Waals surface area contributed by atoms with Crippen LogP contribution in [0.1, 0.15) is 29.9 Å². The van der Waals surface area contributed by atoms with Gasteiger partial charge in [-0.1, -0.05) is 0 Å². The minimum atomic E-state index is -3.50. The van der Waals surface area contributed by atoms with Gasteiger partial charge in [0.25, 0.3) is 0 Å². The molecule has 0 saturated carbocycles. The maximum Gasteiger partial charge on any atom is 0.246 e. The number of sulfonamides is 1. The zero-order valence-corrected chi connectivity index (χ0v) is 15.5. The summed E-state index contributed by atoms with van der Waals surface area (Å²) in [5.41, 5.74) is 1.94. The molecule has 9 heteroatoms. The summed E-state index contributed by atoms with van der Waals surface area (Å²) in [6, 6.07) is 3.65. The van der Waals surface area contributed by atoms with E-state index in [1.54, 1.807) is 24.2 Å². The lowest BCUT2D eigenvalue weighted by molar-refractivity contribution is 0.179. The second-order valence-corrected chi connectivity index (χ2v) is 8.31. The van der Waals surface area contributed by atoms with Gasteiger partial charge in [0, 0.05) is 19.2 Å². The van der Waals surface area contributed by atoms with Crippen molar-refractivity contribution in [2.75, 3.05) is 19.7 Å². The van der Waals surface area contributed by atoms with E-state index in [4.69, 9.17) is 4.74 Å². The van der Waals surface area contributed by atoms with E-state index >= 15 is 0 Å². The molecular weight excluding hydrogens is 342 g/mol. The van der Waals surface area contributed by atoms with Gasteiger partial charge in [-0.2, -0.15) is 14.5 Å². The largest absolute Gasteiger partial charge is 0.476 e. The van der Waals surface area contributed by atoms with Crippen molar-refractivity contribution in [1.82, 2.24) is 24.7 Å². The molecule has 0 radical (unpaired) electrons. The Kier molecular flexibility index (Phi) is 5.05. The molecule has 1 aliphatic heterocycles. The van der Waals surface area contributed by atoms with Crippen molar-refractivity contribution < 1.29 is 13.2 Å². The number of aromatic nitrogens is 4. The van der Waals surface area contributed by atoms with Gasteiger partial charge in [-0.15, -0.1) is 5.10 Å². The van der Waals surface area contributed by atoms with Crippen LogP contribution in [0.15, 0.2) is 17.0 Å². The van der Waals surface area contributed by atoms with Crippen LogP contribution in [-0.4, -0.2) is 52.8 Å². The summed E-state index contributed by atoms with van der Waals surface area (Å²) in [4.78, 5) is 0.303. The van der Waals surface area contributed by atoms with Crippen molar-refractivity contribution >= 4 is 10.0 Å². The Morgan fingerprint density at radius 1 is 1.20 bits per heavy atom. The maximum atomic E-state index is 12.8. The quantitative estimate of drug-likeness (QED) is 0.864. The predicted octanol–water partition coefficient (Wildman–Crippen LogP) is 1.60. The Hall–Kier alpha value is -2.00. The first kappa shape index (κ1) is 17.8. The Morgan fingerprint density at radius 2 is 1.92 bits per heavy atom. The van der Waals surface area contributed by atoms with Gasteiger partial charge in [0.05, 0.1) is 23.7 Å². The van der Waals surface area contributed by atoms with Crippen LogP contribution in [0.4, 0.5) is 0 Å². The highest BCUT2D eigenvalue weighted by Crippen LogP contribution is 2.27. The standard InChI is InChI=1S/C16H23N5O3S/c1-11-4-5-15(20-17-11)24-10-14-6-8-21(9-7-14)25(22,23)16-12(2)18-19-13(16)3/h4-5,14H,6-10H2,1-3H3,(H,18,19). The van der Waals surface area contributed by atoms with Crippen molar-refractivity contribution in [2.24, 2.45) is 5.92 Å². The van der Waals surface area contributed by atoms with Crippen molar-refractivity contribution in [3.05, 3.63) is 29.2 Å². The topological polar surface area (TPSA) is 101 Å². The van der Waals surface area contributed by atoms with Crippen LogP contribution in [0, 0.1) is 26.7 Å². The highest BCUT2D eigenvalue weighted by molar-refractivity contribution is 7.89. The first-order valence-corrected chi connectivity index (χ1v) is 9.77. The lowest BCUT2D eigenvalue weighted by Gasteiger charge is -2.31. The highest BCUT2D eigenvalue weighted by Gasteiger charge is 2.32. The Labute approximate surface area is 147 Å². The Bertz CT molecular complexity index is 804. The number of aryl methyl sites for hydroxylation is 3. The lowest BCUT2D eigenvalue weighted by Crippen LogP contribution is -2.40. The molecule has 3 heterocycles. The minimum absolute atomic E-state index is 0.303. The fourth-order valence-electron chi connectivity index (χ4n) is 3.03. The summed E-state index contributed by atoms with van der Waals surface area (Å²) in [6.45, 7) is 6.81. The number of H-pyrrole nitrogens is 1. The highest BCUT2D eigenvalue weighted by atomic mass is 32.2. The number of hydrogen-bond donors (Lipinski definition) is 1. The second-order valence-electron chi connectivity index (χ2n) is 6.43. The predicted molar refractivity (Wildman–Crippen MR) is 91.8 cm³/mol. The average Bonchev–Trinajstić information content (AvgIpc) is 2.94. The van der Waals surface area contributed by atoms with Gasteiger partial charge in [-0.05, 0) is 45.6 Å². The molecule has 1 N–H and O–H groups in total. The Morgan fingerprint density at radius 3 is 2.48 bits per heavy atom. The summed E-state index contributed by atoms with van der Waals surface area (Å²) in [7, 11) is -3.50. The number of hydrogen-bond acceptors (Lipinski definition) is 6. The van der Waals surface area contributed by atoms with E-state index in [0.29, 0.717) is 47.8 Å². The van der Waals surface area contributed by atoms with Crippen LogP contribution >= 0.6 is 0 Å². The van der Waals surface area contributed by atoms with Gasteiger partial charge in [-0.25, -0.2) is 8.42 Å². The molecule has 8 nitrogen and oxygen atoms in total. The summed E-state index contributed by atoms with van der Waals surface area (Å²) >= 11 is 0. The molecule has 2 aromatic rings. The van der Waals surface area contributed by atoms with Gasteiger partial charge in [-0.3, -0.25) is 5.10 Å². The SMILES string of the molecule is Cc1ccc(OCC2CCN(S(=O)(=O)c3c(C)n[nH]c3C)CC2)nn1. The zero-order valence-electron chi connectivity index (χ0n) is 14.7. The van der Waals surface area contributed by atoms with E-state index in [2.05, 4.69) is 20.4 Å². The van der Waals surface area contributed by atoms with Crippen LogP contribution in [0.5, 0.6) is 5.88 Å². The van der Waals surface area contributed by atoms with E-state index in [0.717, 1.165) is 18.5 Å². The van der Waals surface area contributed by atoms with Gasteiger partial charge >= 0.3 is 0 Å². The van der Waals surface area contributed by atoms with E-state index in [1.165, 1.54) is 0 Å². The van der Waals surface area contributed by atoms with E-state index in [-0.39, 0.29) is 0 Å².